The summed E-state index contributed by atoms with van der Waals surface area (Å²) in [7, 11) is 0. The van der Waals surface area contributed by atoms with Crippen LogP contribution in [-0.2, 0) is 6.42 Å². The predicted molar refractivity (Wildman–Crippen MR) is 91.9 cm³/mol. The van der Waals surface area contributed by atoms with Crippen molar-refractivity contribution in [2.45, 2.75) is 6.42 Å². The molecule has 1 aromatic heterocycles. The van der Waals surface area contributed by atoms with E-state index in [-0.39, 0.29) is 0 Å². The molecule has 5 rings (SSSR count). The second-order valence-corrected chi connectivity index (χ2v) is 5.41. The topological polar surface area (TPSA) is 37.9 Å². The molecule has 0 atom stereocenters. The zero-order valence-electron chi connectivity index (χ0n) is 12.6. The van der Waals surface area contributed by atoms with E-state index >= 15 is 0 Å². The highest BCUT2D eigenvalue weighted by atomic mass is 16.5. The van der Waals surface area contributed by atoms with Crippen LogP contribution >= 0.6 is 0 Å². The first-order chi connectivity index (χ1) is 11.4. The van der Waals surface area contributed by atoms with Crippen molar-refractivity contribution in [2.75, 3.05) is 0 Å². The Morgan fingerprint density at radius 2 is 1.35 bits per heavy atom. The molecular weight excluding hydrogens is 284 g/mol. The van der Waals surface area contributed by atoms with E-state index in [2.05, 4.69) is 34.2 Å². The molecule has 0 fully saturated rings. The maximum Gasteiger partial charge on any atom is 0.130 e. The van der Waals surface area contributed by atoms with Crippen LogP contribution in [0.4, 0.5) is 0 Å². The molecule has 112 valence electrons. The maximum atomic E-state index is 5.78. The number of aromatic amines is 1. The SMILES string of the molecule is c1ccc2[nH]cnc2c1.c1ccc2c(c1)Cc1ccccc1O2. The lowest BCUT2D eigenvalue weighted by atomic mass is 10.0. The van der Waals surface area contributed by atoms with Crippen molar-refractivity contribution >= 4 is 11.0 Å². The smallest absolute Gasteiger partial charge is 0.130 e. The number of hydrogen-bond acceptors (Lipinski definition) is 2. The average Bonchev–Trinajstić information content (AvgIpc) is 3.09. The van der Waals surface area contributed by atoms with E-state index in [1.54, 1.807) is 6.33 Å². The minimum Gasteiger partial charge on any atom is -0.457 e. The van der Waals surface area contributed by atoms with Crippen LogP contribution < -0.4 is 4.74 Å². The van der Waals surface area contributed by atoms with Crippen LogP contribution in [0, 0.1) is 0 Å². The second-order valence-electron chi connectivity index (χ2n) is 5.41. The van der Waals surface area contributed by atoms with Crippen LogP contribution in [-0.4, -0.2) is 9.97 Å². The van der Waals surface area contributed by atoms with Gasteiger partial charge in [-0.25, -0.2) is 4.98 Å². The zero-order chi connectivity index (χ0) is 15.5. The van der Waals surface area contributed by atoms with Crippen LogP contribution in [0.2, 0.25) is 0 Å². The van der Waals surface area contributed by atoms with E-state index in [1.807, 2.05) is 48.5 Å². The second kappa shape index (κ2) is 5.97. The third-order valence-corrected chi connectivity index (χ3v) is 3.87. The van der Waals surface area contributed by atoms with E-state index < -0.39 is 0 Å². The number of nitrogens with zero attached hydrogens (tertiary/aromatic N) is 1. The number of ether oxygens (including phenoxy) is 1. The van der Waals surface area contributed by atoms with Crippen LogP contribution in [0.5, 0.6) is 11.5 Å². The van der Waals surface area contributed by atoms with Gasteiger partial charge in [-0.3, -0.25) is 0 Å². The molecule has 3 aromatic carbocycles. The number of imidazole rings is 1. The molecular formula is C20H16N2O. The van der Waals surface area contributed by atoms with Crippen molar-refractivity contribution in [1.29, 1.82) is 0 Å². The van der Waals surface area contributed by atoms with E-state index in [9.17, 15) is 0 Å². The summed E-state index contributed by atoms with van der Waals surface area (Å²) in [6.07, 6.45) is 2.68. The first kappa shape index (κ1) is 13.6. The molecule has 0 aliphatic carbocycles. The number of hydrogen-bond donors (Lipinski definition) is 1. The summed E-state index contributed by atoms with van der Waals surface area (Å²) >= 11 is 0. The third kappa shape index (κ3) is 2.81. The fourth-order valence-electron chi connectivity index (χ4n) is 2.70. The van der Waals surface area contributed by atoms with Crippen molar-refractivity contribution in [3.05, 3.63) is 90.3 Å². The molecule has 0 radical (unpaired) electrons. The number of rotatable bonds is 0. The van der Waals surface area contributed by atoms with Crippen LogP contribution in [0.25, 0.3) is 11.0 Å². The zero-order valence-corrected chi connectivity index (χ0v) is 12.6. The van der Waals surface area contributed by atoms with E-state index in [1.165, 1.54) is 11.1 Å². The van der Waals surface area contributed by atoms with Crippen molar-refractivity contribution < 1.29 is 4.74 Å². The Morgan fingerprint density at radius 1 is 0.739 bits per heavy atom. The van der Waals surface area contributed by atoms with Crippen LogP contribution in [0.3, 0.4) is 0 Å². The molecule has 4 aromatic rings. The normalized spacial score (nSPS) is 11.7. The highest BCUT2D eigenvalue weighted by Crippen LogP contribution is 2.35. The minimum absolute atomic E-state index is 0.979. The molecule has 0 spiro atoms. The van der Waals surface area contributed by atoms with Gasteiger partial charge in [-0.05, 0) is 35.4 Å². The lowest BCUT2D eigenvalue weighted by Crippen LogP contribution is -2.01. The average molecular weight is 300 g/mol. The molecule has 1 aliphatic rings. The Balaban J connectivity index is 0.000000130. The van der Waals surface area contributed by atoms with E-state index in [0.717, 1.165) is 29.0 Å². The quantitative estimate of drug-likeness (QED) is 0.439. The third-order valence-electron chi connectivity index (χ3n) is 3.87. The van der Waals surface area contributed by atoms with Gasteiger partial charge in [0.05, 0.1) is 17.4 Å². The number of aromatic nitrogens is 2. The highest BCUT2D eigenvalue weighted by Gasteiger charge is 2.14. The van der Waals surface area contributed by atoms with Gasteiger partial charge in [0.1, 0.15) is 11.5 Å². The summed E-state index contributed by atoms with van der Waals surface area (Å²) in [5.41, 5.74) is 4.66. The lowest BCUT2D eigenvalue weighted by Gasteiger charge is -2.19. The van der Waals surface area contributed by atoms with Crippen LogP contribution in [0.1, 0.15) is 11.1 Å². The molecule has 2 heterocycles. The van der Waals surface area contributed by atoms with Gasteiger partial charge in [0.2, 0.25) is 0 Å². The van der Waals surface area contributed by atoms with Gasteiger partial charge < -0.3 is 9.72 Å². The Labute approximate surface area is 134 Å². The number of fused-ring (bicyclic) bond motifs is 3. The first-order valence-electron chi connectivity index (χ1n) is 7.62. The Hall–Kier alpha value is -3.07. The molecule has 0 bridgehead atoms. The standard InChI is InChI=1S/C13H10O.C7H6N2/c1-3-7-12-10(5-1)9-11-6-2-4-8-13(11)14-12;1-2-4-7-6(3-1)8-5-9-7/h1-8H,9H2;1-5H,(H,8,9). The monoisotopic (exact) mass is 300 g/mol. The van der Waals surface area contributed by atoms with Gasteiger partial charge >= 0.3 is 0 Å². The van der Waals surface area contributed by atoms with Gasteiger partial charge in [-0.15, -0.1) is 0 Å². The largest absolute Gasteiger partial charge is 0.457 e. The number of nitrogens with one attached hydrogen (secondary N) is 1. The maximum absolute atomic E-state index is 5.78. The summed E-state index contributed by atoms with van der Waals surface area (Å²) < 4.78 is 5.78. The fourth-order valence-corrected chi connectivity index (χ4v) is 2.70. The molecule has 0 amide bonds. The molecule has 1 aliphatic heterocycles. The van der Waals surface area contributed by atoms with E-state index in [4.69, 9.17) is 4.74 Å². The molecule has 1 N–H and O–H groups in total. The van der Waals surface area contributed by atoms with Crippen molar-refractivity contribution in [1.82, 2.24) is 9.97 Å². The Morgan fingerprint density at radius 3 is 2.04 bits per heavy atom. The lowest BCUT2D eigenvalue weighted by molar-refractivity contribution is 0.460. The van der Waals surface area contributed by atoms with Crippen LogP contribution in [0.15, 0.2) is 79.1 Å². The number of benzene rings is 3. The van der Waals surface area contributed by atoms with Gasteiger partial charge in [0.15, 0.2) is 0 Å². The van der Waals surface area contributed by atoms with Gasteiger partial charge in [-0.1, -0.05) is 48.5 Å². The minimum atomic E-state index is 0.979. The molecule has 0 saturated heterocycles. The molecule has 3 nitrogen and oxygen atoms in total. The highest BCUT2D eigenvalue weighted by molar-refractivity contribution is 5.73. The van der Waals surface area contributed by atoms with E-state index in [0.29, 0.717) is 0 Å². The molecule has 0 unspecified atom stereocenters. The molecule has 3 heteroatoms. The summed E-state index contributed by atoms with van der Waals surface area (Å²) in [4.78, 5) is 7.07. The summed E-state index contributed by atoms with van der Waals surface area (Å²) in [6.45, 7) is 0. The van der Waals surface area contributed by atoms with Crippen molar-refractivity contribution in [3.63, 3.8) is 0 Å². The Kier molecular flexibility index (Phi) is 3.53. The number of para-hydroxylation sites is 4. The number of H-pyrrole nitrogens is 1. The summed E-state index contributed by atoms with van der Waals surface area (Å²) in [6, 6.07) is 24.3. The van der Waals surface area contributed by atoms with Gasteiger partial charge in [0, 0.05) is 6.42 Å². The van der Waals surface area contributed by atoms with Crippen molar-refractivity contribution in [2.24, 2.45) is 0 Å². The summed E-state index contributed by atoms with van der Waals surface area (Å²) in [5.74, 6) is 1.98. The molecule has 0 saturated carbocycles. The van der Waals surface area contributed by atoms with Crippen molar-refractivity contribution in [3.8, 4) is 11.5 Å². The predicted octanol–water partition coefficient (Wildman–Crippen LogP) is 4.95. The van der Waals surface area contributed by atoms with Gasteiger partial charge in [-0.2, -0.15) is 0 Å². The summed E-state index contributed by atoms with van der Waals surface area (Å²) in [5, 5.41) is 0. The molecule has 23 heavy (non-hydrogen) atoms. The Bertz CT molecular complexity index is 825. The first-order valence-corrected chi connectivity index (χ1v) is 7.62. The van der Waals surface area contributed by atoms with Gasteiger partial charge in [0.25, 0.3) is 0 Å². The fraction of sp³-hybridized carbons (Fsp3) is 0.0500.